The summed E-state index contributed by atoms with van der Waals surface area (Å²) in [7, 11) is 0. The maximum atomic E-state index is 12.4. The predicted molar refractivity (Wildman–Crippen MR) is 76.1 cm³/mol. The minimum atomic E-state index is -0.507. The van der Waals surface area contributed by atoms with E-state index in [9.17, 15) is 9.90 Å². The Morgan fingerprint density at radius 3 is 2.74 bits per heavy atom. The Morgan fingerprint density at radius 2 is 2.16 bits per heavy atom. The van der Waals surface area contributed by atoms with E-state index >= 15 is 0 Å². The van der Waals surface area contributed by atoms with Gasteiger partial charge < -0.3 is 16.2 Å². The van der Waals surface area contributed by atoms with Crippen LogP contribution in [-0.4, -0.2) is 17.1 Å². The lowest BCUT2D eigenvalue weighted by molar-refractivity contribution is -0.125. The van der Waals surface area contributed by atoms with Crippen LogP contribution in [0.1, 0.15) is 37.3 Å². The molecule has 1 fully saturated rings. The molecule has 0 aromatic heterocycles. The van der Waals surface area contributed by atoms with Crippen LogP contribution in [0.15, 0.2) is 12.1 Å². The quantitative estimate of drug-likeness (QED) is 0.766. The van der Waals surface area contributed by atoms with Crippen molar-refractivity contribution in [2.45, 2.75) is 46.1 Å². The molecule has 2 atom stereocenters. The molecule has 4 nitrogen and oxygen atoms in total. The molecule has 0 heterocycles. The third-order valence-electron chi connectivity index (χ3n) is 4.43. The van der Waals surface area contributed by atoms with E-state index in [-0.39, 0.29) is 17.7 Å². The second-order valence-electron chi connectivity index (χ2n) is 5.77. The van der Waals surface area contributed by atoms with Crippen LogP contribution in [0.4, 0.5) is 5.69 Å². The van der Waals surface area contributed by atoms with Gasteiger partial charge in [-0.15, -0.1) is 0 Å². The van der Waals surface area contributed by atoms with Crippen molar-refractivity contribution in [3.8, 4) is 5.75 Å². The summed E-state index contributed by atoms with van der Waals surface area (Å²) in [6.07, 6.45) is 2.70. The molecule has 1 aliphatic carbocycles. The Bertz CT molecular complexity index is 513. The number of hydrogen-bond donors (Lipinski definition) is 3. The van der Waals surface area contributed by atoms with E-state index in [1.54, 1.807) is 13.0 Å². The molecule has 1 saturated carbocycles. The molecule has 1 aromatic rings. The summed E-state index contributed by atoms with van der Waals surface area (Å²) in [6.45, 7) is 5.56. The van der Waals surface area contributed by atoms with Gasteiger partial charge in [0.05, 0.1) is 5.41 Å². The highest BCUT2D eigenvalue weighted by atomic mass is 16.3. The van der Waals surface area contributed by atoms with Gasteiger partial charge in [-0.1, -0.05) is 12.5 Å². The summed E-state index contributed by atoms with van der Waals surface area (Å²) in [5.74, 6) is 0.183. The van der Waals surface area contributed by atoms with Gasteiger partial charge in [0.1, 0.15) is 5.75 Å². The van der Waals surface area contributed by atoms with Crippen LogP contribution in [0.25, 0.3) is 0 Å². The molecule has 0 spiro atoms. The summed E-state index contributed by atoms with van der Waals surface area (Å²) >= 11 is 0. The summed E-state index contributed by atoms with van der Waals surface area (Å²) < 4.78 is 0. The number of amides is 1. The summed E-state index contributed by atoms with van der Waals surface area (Å²) in [5.41, 5.74) is 7.71. The molecule has 0 radical (unpaired) electrons. The molecule has 1 aromatic carbocycles. The Kier molecular flexibility index (Phi) is 3.54. The Morgan fingerprint density at radius 1 is 1.47 bits per heavy atom. The largest absolute Gasteiger partial charge is 0.507 e. The molecule has 0 aliphatic heterocycles. The fourth-order valence-electron chi connectivity index (χ4n) is 2.71. The minimum Gasteiger partial charge on any atom is -0.507 e. The number of nitrogens with two attached hydrogens (primary N) is 1. The molecule has 0 bridgehead atoms. The molecule has 2 unspecified atom stereocenters. The monoisotopic (exact) mass is 262 g/mol. The van der Waals surface area contributed by atoms with Crippen LogP contribution >= 0.6 is 0 Å². The van der Waals surface area contributed by atoms with Crippen molar-refractivity contribution in [2.24, 2.45) is 11.1 Å². The zero-order valence-corrected chi connectivity index (χ0v) is 11.8. The number of carbonyl (C=O) groups excluding carboxylic acids is 1. The van der Waals surface area contributed by atoms with Crippen LogP contribution < -0.4 is 11.1 Å². The van der Waals surface area contributed by atoms with Crippen molar-refractivity contribution < 1.29 is 9.90 Å². The van der Waals surface area contributed by atoms with E-state index in [0.29, 0.717) is 11.3 Å². The smallest absolute Gasteiger partial charge is 0.231 e. The van der Waals surface area contributed by atoms with E-state index in [1.807, 2.05) is 19.9 Å². The lowest BCUT2D eigenvalue weighted by Crippen LogP contribution is -2.44. The van der Waals surface area contributed by atoms with Crippen LogP contribution in [0.3, 0.4) is 0 Å². The molecule has 1 aliphatic rings. The molecule has 1 amide bonds. The van der Waals surface area contributed by atoms with Gasteiger partial charge in [0, 0.05) is 17.3 Å². The van der Waals surface area contributed by atoms with Gasteiger partial charge in [0.15, 0.2) is 0 Å². The predicted octanol–water partition coefficient (Wildman–Crippen LogP) is 2.47. The lowest BCUT2D eigenvalue weighted by atomic mass is 9.84. The van der Waals surface area contributed by atoms with Gasteiger partial charge in [-0.2, -0.15) is 0 Å². The maximum absolute atomic E-state index is 12.4. The van der Waals surface area contributed by atoms with Gasteiger partial charge in [0.25, 0.3) is 0 Å². The van der Waals surface area contributed by atoms with Crippen LogP contribution in [-0.2, 0) is 4.79 Å². The first-order valence-corrected chi connectivity index (χ1v) is 6.72. The summed E-state index contributed by atoms with van der Waals surface area (Å²) in [6, 6.07) is 3.54. The van der Waals surface area contributed by atoms with E-state index < -0.39 is 5.41 Å². The maximum Gasteiger partial charge on any atom is 0.231 e. The average Bonchev–Trinajstić information content (AvgIpc) is 2.72. The molecule has 4 N–H and O–H groups in total. The van der Waals surface area contributed by atoms with Crippen LogP contribution in [0.2, 0.25) is 0 Å². The molecular weight excluding hydrogens is 240 g/mol. The highest BCUT2D eigenvalue weighted by molar-refractivity contribution is 5.96. The molecule has 2 rings (SSSR count). The average molecular weight is 262 g/mol. The van der Waals surface area contributed by atoms with Crippen molar-refractivity contribution in [3.63, 3.8) is 0 Å². The topological polar surface area (TPSA) is 75.4 Å². The lowest BCUT2D eigenvalue weighted by Gasteiger charge is -2.28. The molecule has 104 valence electrons. The Hall–Kier alpha value is -1.55. The first-order chi connectivity index (χ1) is 8.86. The van der Waals surface area contributed by atoms with Crippen LogP contribution in [0, 0.1) is 19.3 Å². The van der Waals surface area contributed by atoms with Crippen LogP contribution in [0.5, 0.6) is 5.75 Å². The second-order valence-corrected chi connectivity index (χ2v) is 5.77. The highest BCUT2D eigenvalue weighted by Crippen LogP contribution is 2.38. The van der Waals surface area contributed by atoms with E-state index in [1.165, 1.54) is 0 Å². The Balaban J connectivity index is 2.22. The third-order valence-corrected chi connectivity index (χ3v) is 4.43. The fourth-order valence-corrected chi connectivity index (χ4v) is 2.71. The number of carbonyl (C=O) groups is 1. The summed E-state index contributed by atoms with van der Waals surface area (Å²) in [4.78, 5) is 12.4. The number of benzene rings is 1. The number of hydrogen-bond acceptors (Lipinski definition) is 3. The van der Waals surface area contributed by atoms with Gasteiger partial charge in [-0.05, 0) is 45.2 Å². The third kappa shape index (κ3) is 2.32. The van der Waals surface area contributed by atoms with E-state index in [4.69, 9.17) is 5.73 Å². The van der Waals surface area contributed by atoms with Crippen molar-refractivity contribution in [3.05, 3.63) is 23.3 Å². The number of phenols is 1. The zero-order chi connectivity index (χ0) is 14.2. The van der Waals surface area contributed by atoms with E-state index in [0.717, 1.165) is 24.8 Å². The van der Waals surface area contributed by atoms with Gasteiger partial charge >= 0.3 is 0 Å². The van der Waals surface area contributed by atoms with Gasteiger partial charge in [-0.3, -0.25) is 4.79 Å². The molecule has 4 heteroatoms. The summed E-state index contributed by atoms with van der Waals surface area (Å²) in [5, 5.41) is 12.8. The van der Waals surface area contributed by atoms with Gasteiger partial charge in [0.2, 0.25) is 5.91 Å². The molecule has 0 saturated heterocycles. The van der Waals surface area contributed by atoms with Crippen molar-refractivity contribution in [1.29, 1.82) is 0 Å². The number of aryl methyl sites for hydroxylation is 1. The van der Waals surface area contributed by atoms with Crippen molar-refractivity contribution in [2.75, 3.05) is 5.32 Å². The number of aromatic hydroxyl groups is 1. The fraction of sp³-hybridized carbons (Fsp3) is 0.533. The number of rotatable bonds is 2. The second kappa shape index (κ2) is 4.85. The standard InChI is InChI=1S/C15H22N2O2/c1-9-6-7-11(10(2)13(9)18)17-14(19)15(3)8-4-5-12(15)16/h6-7,12,18H,4-5,8,16H2,1-3H3,(H,17,19). The normalized spacial score (nSPS) is 26.4. The highest BCUT2D eigenvalue weighted by Gasteiger charge is 2.43. The molecule has 19 heavy (non-hydrogen) atoms. The number of phenolic OH excluding ortho intramolecular Hbond substituents is 1. The minimum absolute atomic E-state index is 0.0520. The SMILES string of the molecule is Cc1ccc(NC(=O)C2(C)CCCC2N)c(C)c1O. The zero-order valence-electron chi connectivity index (χ0n) is 11.8. The van der Waals surface area contributed by atoms with Crippen molar-refractivity contribution in [1.82, 2.24) is 0 Å². The van der Waals surface area contributed by atoms with Crippen molar-refractivity contribution >= 4 is 11.6 Å². The number of anilines is 1. The first kappa shape index (κ1) is 13.9. The van der Waals surface area contributed by atoms with Gasteiger partial charge in [-0.25, -0.2) is 0 Å². The first-order valence-electron chi connectivity index (χ1n) is 6.72. The Labute approximate surface area is 114 Å². The molecular formula is C15H22N2O2. The number of nitrogens with one attached hydrogen (secondary N) is 1. The van der Waals surface area contributed by atoms with E-state index in [2.05, 4.69) is 5.32 Å².